The fourth-order valence-electron chi connectivity index (χ4n) is 11.2. The predicted octanol–water partition coefficient (Wildman–Crippen LogP) is 25.2. The first-order valence-corrected chi connectivity index (χ1v) is 45.4. The number of aliphatic hydroxyl groups excluding tert-OH is 1. The van der Waals surface area contributed by atoms with Gasteiger partial charge in [-0.1, -0.05) is 322 Å². The molecule has 0 aromatic rings. The molecule has 108 heavy (non-hydrogen) atoms. The standard InChI is InChI=1S/C89H152O17P2/c1-5-9-13-17-21-25-29-33-37-39-41-43-47-49-53-57-61-65-69-73-86(91)99-79-84(105-88(93)75-71-67-63-59-55-51-45-35-31-27-23-19-15-11-7-3)81-103-107(95,96)101-77-83(90)78-102-108(97,98)104-82-85(106-89(94)76-72-68-64-60-56-52-46-36-32-28-24-20-16-12-8-4)80-100-87(92)74-70-66-62-58-54-50-48-44-42-40-38-34-30-26-22-18-14-10-6-2/h9,13,21-23,25-27,33-35,37-38,41-45,49,53,61,65,83-85,90H,5-8,10-12,14-20,24,28-32,36,39-40,46-48,50-52,54-60,62-64,66-82H2,1-4H3,(H,95,96)(H,97,98)/b13-9-,25-21-,26-22-,27-23-,37-33-,38-34-,43-41-,44-42-,45-35-,53-49-,65-61-. The zero-order valence-electron chi connectivity index (χ0n) is 68.0. The second-order valence-electron chi connectivity index (χ2n) is 28.0. The molecule has 620 valence electrons. The van der Waals surface area contributed by atoms with Crippen LogP contribution >= 0.6 is 15.6 Å². The number of carbonyl (C=O) groups excluding carboxylic acids is 4. The number of unbranched alkanes of at least 4 members (excludes halogenated alkanes) is 31. The van der Waals surface area contributed by atoms with E-state index in [0.717, 1.165) is 161 Å². The SMILES string of the molecule is CC/C=C\C/C=C\C/C=C\C/C=C\C/C=C\C/C=C\CCC(=O)OCC(COP(=O)(O)OCC(O)COP(=O)(O)OCC(COC(=O)CCCCCCCC/C=C\C/C=C\C/C=C\CCCCC)OC(=O)CCCCCCCCCCCCCCCCC)OC(=O)CCCCCCC/C=C\C/C=C\CCCCC. The van der Waals surface area contributed by atoms with E-state index in [1.165, 1.54) is 103 Å². The minimum atomic E-state index is -5.00. The molecular weight excluding hydrogens is 1400 g/mol. The molecule has 0 saturated heterocycles. The summed E-state index contributed by atoms with van der Waals surface area (Å²) in [7, 11) is -9.99. The Kier molecular flexibility index (Phi) is 76.7. The van der Waals surface area contributed by atoms with Crippen LogP contribution in [0.2, 0.25) is 0 Å². The van der Waals surface area contributed by atoms with Crippen LogP contribution in [0.3, 0.4) is 0 Å². The third kappa shape index (κ3) is 79.3. The second kappa shape index (κ2) is 80.3. The average Bonchev–Trinajstić information content (AvgIpc) is 0.923. The molecule has 0 aliphatic carbocycles. The molecule has 0 aliphatic rings. The van der Waals surface area contributed by atoms with Crippen LogP contribution in [-0.4, -0.2) is 96.7 Å². The predicted molar refractivity (Wildman–Crippen MR) is 445 cm³/mol. The summed E-state index contributed by atoms with van der Waals surface area (Å²) in [6.45, 7) is 4.64. The van der Waals surface area contributed by atoms with Crippen molar-refractivity contribution < 1.29 is 80.2 Å². The van der Waals surface area contributed by atoms with Gasteiger partial charge >= 0.3 is 39.5 Å². The number of hydrogen-bond donors (Lipinski definition) is 3. The van der Waals surface area contributed by atoms with E-state index in [-0.39, 0.29) is 25.7 Å². The van der Waals surface area contributed by atoms with Crippen LogP contribution in [0.5, 0.6) is 0 Å². The molecule has 0 heterocycles. The van der Waals surface area contributed by atoms with Crippen LogP contribution in [0.1, 0.15) is 349 Å². The van der Waals surface area contributed by atoms with Gasteiger partial charge in [-0.05, 0) is 135 Å². The van der Waals surface area contributed by atoms with Crippen LogP contribution in [-0.2, 0) is 65.4 Å². The number of esters is 4. The van der Waals surface area contributed by atoms with E-state index in [9.17, 15) is 43.2 Å². The third-order valence-corrected chi connectivity index (χ3v) is 19.5. The Balaban J connectivity index is 5.44. The Morgan fingerprint density at radius 2 is 0.500 bits per heavy atom. The van der Waals surface area contributed by atoms with Gasteiger partial charge in [0.1, 0.15) is 19.3 Å². The molecule has 0 spiro atoms. The van der Waals surface area contributed by atoms with Crippen molar-refractivity contribution in [2.75, 3.05) is 39.6 Å². The number of phosphoric acid groups is 2. The lowest BCUT2D eigenvalue weighted by Gasteiger charge is -2.21. The molecule has 0 aromatic heterocycles. The molecule has 17 nitrogen and oxygen atoms in total. The quantitative estimate of drug-likeness (QED) is 0.0169. The van der Waals surface area contributed by atoms with Crippen molar-refractivity contribution in [2.24, 2.45) is 0 Å². The van der Waals surface area contributed by atoms with Gasteiger partial charge < -0.3 is 33.8 Å². The van der Waals surface area contributed by atoms with Gasteiger partial charge in [0.15, 0.2) is 12.2 Å². The van der Waals surface area contributed by atoms with E-state index >= 15 is 0 Å². The highest BCUT2D eigenvalue weighted by atomic mass is 31.2. The number of phosphoric ester groups is 2. The van der Waals surface area contributed by atoms with Gasteiger partial charge in [0.25, 0.3) is 0 Å². The molecule has 0 aliphatic heterocycles. The summed E-state index contributed by atoms with van der Waals surface area (Å²) in [5, 5.41) is 10.7. The molecule has 5 atom stereocenters. The van der Waals surface area contributed by atoms with Gasteiger partial charge in [-0.25, -0.2) is 9.13 Å². The van der Waals surface area contributed by atoms with Gasteiger partial charge in [0, 0.05) is 25.7 Å². The van der Waals surface area contributed by atoms with E-state index in [0.29, 0.717) is 32.1 Å². The van der Waals surface area contributed by atoms with Gasteiger partial charge in [0.2, 0.25) is 0 Å². The molecule has 5 unspecified atom stereocenters. The van der Waals surface area contributed by atoms with E-state index in [1.807, 2.05) is 18.2 Å². The van der Waals surface area contributed by atoms with Crippen LogP contribution < -0.4 is 0 Å². The van der Waals surface area contributed by atoms with E-state index in [4.69, 9.17) is 37.0 Å². The van der Waals surface area contributed by atoms with Crippen molar-refractivity contribution in [2.45, 2.75) is 367 Å². The van der Waals surface area contributed by atoms with Gasteiger partial charge in [-0.2, -0.15) is 0 Å². The van der Waals surface area contributed by atoms with E-state index < -0.39 is 97.5 Å². The van der Waals surface area contributed by atoms with Gasteiger partial charge in [0.05, 0.1) is 26.4 Å². The molecule has 0 fully saturated rings. The molecule has 0 saturated carbocycles. The number of rotatable bonds is 79. The highest BCUT2D eigenvalue weighted by Gasteiger charge is 2.30. The fraction of sp³-hybridized carbons (Fsp3) is 0.708. The van der Waals surface area contributed by atoms with Crippen molar-refractivity contribution in [3.05, 3.63) is 134 Å². The lowest BCUT2D eigenvalue weighted by atomic mass is 10.0. The second-order valence-corrected chi connectivity index (χ2v) is 30.9. The summed E-state index contributed by atoms with van der Waals surface area (Å²) in [6, 6.07) is 0. The van der Waals surface area contributed by atoms with Gasteiger partial charge in [-0.15, -0.1) is 0 Å². The lowest BCUT2D eigenvalue weighted by Crippen LogP contribution is -2.30. The smallest absolute Gasteiger partial charge is 0.462 e. The first-order chi connectivity index (χ1) is 52.7. The maximum absolute atomic E-state index is 13.1. The maximum Gasteiger partial charge on any atom is 0.472 e. The Morgan fingerprint density at radius 1 is 0.269 bits per heavy atom. The van der Waals surface area contributed by atoms with Crippen molar-refractivity contribution in [3.63, 3.8) is 0 Å². The van der Waals surface area contributed by atoms with Crippen molar-refractivity contribution >= 4 is 39.5 Å². The average molecular weight is 1560 g/mol. The van der Waals surface area contributed by atoms with Crippen molar-refractivity contribution in [1.82, 2.24) is 0 Å². The van der Waals surface area contributed by atoms with Crippen LogP contribution in [0.4, 0.5) is 0 Å². The lowest BCUT2D eigenvalue weighted by molar-refractivity contribution is -0.161. The zero-order chi connectivity index (χ0) is 78.9. The summed E-state index contributed by atoms with van der Waals surface area (Å²) in [4.78, 5) is 73.2. The van der Waals surface area contributed by atoms with Crippen LogP contribution in [0, 0.1) is 0 Å². The first kappa shape index (κ1) is 103. The molecule has 0 radical (unpaired) electrons. The molecule has 19 heteroatoms. The molecule has 0 rings (SSSR count). The number of aliphatic hydroxyl groups is 1. The minimum absolute atomic E-state index is 0.0306. The van der Waals surface area contributed by atoms with E-state index in [1.54, 1.807) is 0 Å². The Hall–Kier alpha value is -4.80. The largest absolute Gasteiger partial charge is 0.472 e. The number of ether oxygens (including phenoxy) is 4. The first-order valence-electron chi connectivity index (χ1n) is 42.4. The summed E-state index contributed by atoms with van der Waals surface area (Å²) in [5.41, 5.74) is 0. The topological polar surface area (TPSA) is 237 Å². The van der Waals surface area contributed by atoms with Crippen LogP contribution in [0.25, 0.3) is 0 Å². The zero-order valence-corrected chi connectivity index (χ0v) is 69.8. The number of carbonyl (C=O) groups is 4. The van der Waals surface area contributed by atoms with Crippen molar-refractivity contribution in [3.8, 4) is 0 Å². The van der Waals surface area contributed by atoms with Crippen molar-refractivity contribution in [1.29, 1.82) is 0 Å². The molecule has 3 N–H and O–H groups in total. The Labute approximate surface area is 656 Å². The van der Waals surface area contributed by atoms with Crippen LogP contribution in [0.15, 0.2) is 134 Å². The number of allylic oxidation sites excluding steroid dienone is 22. The molecule has 0 bridgehead atoms. The fourth-order valence-corrected chi connectivity index (χ4v) is 12.7. The minimum Gasteiger partial charge on any atom is -0.462 e. The maximum atomic E-state index is 13.1. The molecule has 0 amide bonds. The molecule has 0 aromatic carbocycles. The summed E-state index contributed by atoms with van der Waals surface area (Å²) in [6.07, 6.45) is 91.4. The summed E-state index contributed by atoms with van der Waals surface area (Å²) in [5.74, 6) is -2.29. The monoisotopic (exact) mass is 1560 g/mol. The van der Waals surface area contributed by atoms with Gasteiger partial charge in [-0.3, -0.25) is 37.3 Å². The normalized spacial score (nSPS) is 14.5. The summed E-state index contributed by atoms with van der Waals surface area (Å²) < 4.78 is 68.7. The highest BCUT2D eigenvalue weighted by molar-refractivity contribution is 7.47. The third-order valence-electron chi connectivity index (χ3n) is 17.6. The Bertz CT molecular complexity index is 2560. The summed E-state index contributed by atoms with van der Waals surface area (Å²) >= 11 is 0. The molecular formula is C89H152O17P2. The Morgan fingerprint density at radius 3 is 0.815 bits per heavy atom. The van der Waals surface area contributed by atoms with E-state index in [2.05, 4.69) is 143 Å². The number of hydrogen-bond acceptors (Lipinski definition) is 15. The highest BCUT2D eigenvalue weighted by Crippen LogP contribution is 2.45.